The van der Waals surface area contributed by atoms with Crippen LogP contribution >= 0.6 is 0 Å². The summed E-state index contributed by atoms with van der Waals surface area (Å²) in [6, 6.07) is -0.188. The summed E-state index contributed by atoms with van der Waals surface area (Å²) in [6.45, 7) is 4.09. The summed E-state index contributed by atoms with van der Waals surface area (Å²) in [4.78, 5) is 26.0. The van der Waals surface area contributed by atoms with Gasteiger partial charge < -0.3 is 14.9 Å². The molecule has 2 saturated heterocycles. The molecule has 0 aromatic heterocycles. The summed E-state index contributed by atoms with van der Waals surface area (Å²) in [5, 5.41) is 10.6. The molecule has 7 heteroatoms. The van der Waals surface area contributed by atoms with Gasteiger partial charge >= 0.3 is 12.0 Å². The van der Waals surface area contributed by atoms with Crippen molar-refractivity contribution in [2.45, 2.75) is 0 Å². The van der Waals surface area contributed by atoms with Crippen LogP contribution in [0.4, 0.5) is 4.79 Å². The number of piperazine rings is 1. The van der Waals surface area contributed by atoms with Crippen LogP contribution in [0.15, 0.2) is 0 Å². The van der Waals surface area contributed by atoms with Crippen LogP contribution < -0.4 is 5.43 Å². The molecule has 2 aliphatic rings. The lowest BCUT2D eigenvalue weighted by Crippen LogP contribution is -2.61. The van der Waals surface area contributed by atoms with Gasteiger partial charge in [0.25, 0.3) is 0 Å². The summed E-state index contributed by atoms with van der Waals surface area (Å²) in [5.41, 5.74) is 2.80. The van der Waals surface area contributed by atoms with Crippen LogP contribution in [-0.2, 0) is 4.79 Å². The van der Waals surface area contributed by atoms with Gasteiger partial charge in [-0.2, -0.15) is 0 Å². The van der Waals surface area contributed by atoms with E-state index < -0.39 is 11.9 Å². The highest BCUT2D eigenvalue weighted by Crippen LogP contribution is 2.15. The maximum Gasteiger partial charge on any atom is 0.331 e. The van der Waals surface area contributed by atoms with Crippen molar-refractivity contribution in [2.75, 3.05) is 46.3 Å². The van der Waals surface area contributed by atoms with Gasteiger partial charge in [-0.3, -0.25) is 10.2 Å². The van der Waals surface area contributed by atoms with Crippen molar-refractivity contribution in [2.24, 2.45) is 5.92 Å². The average Bonchev–Trinajstić information content (AvgIpc) is 2.18. The van der Waals surface area contributed by atoms with Gasteiger partial charge in [0.2, 0.25) is 0 Å². The Kier molecular flexibility index (Phi) is 3.49. The Balaban J connectivity index is 1.70. The Morgan fingerprint density at radius 2 is 1.76 bits per heavy atom. The van der Waals surface area contributed by atoms with E-state index in [-0.39, 0.29) is 6.03 Å². The number of hydrogen-bond acceptors (Lipinski definition) is 4. The standard InChI is InChI=1S/C10H18N4O3/c1-12-2-4-14(5-3-12)11-10(17)13-6-8(7-13)9(15)16/h8H,2-7H2,1H3,(H,11,17)(H,15,16). The van der Waals surface area contributed by atoms with Crippen molar-refractivity contribution in [1.29, 1.82) is 0 Å². The summed E-state index contributed by atoms with van der Waals surface area (Å²) in [6.07, 6.45) is 0. The SMILES string of the molecule is CN1CCN(NC(=O)N2CC(C(=O)O)C2)CC1. The maximum atomic E-state index is 11.7. The van der Waals surface area contributed by atoms with Crippen LogP contribution in [0.3, 0.4) is 0 Å². The number of carboxylic acid groups (broad SMARTS) is 1. The largest absolute Gasteiger partial charge is 0.481 e. The molecule has 0 aromatic rings. The average molecular weight is 242 g/mol. The molecule has 2 aliphatic heterocycles. The summed E-state index contributed by atoms with van der Waals surface area (Å²) in [7, 11) is 2.05. The molecule has 0 aliphatic carbocycles. The van der Waals surface area contributed by atoms with Crippen LogP contribution in [0.1, 0.15) is 0 Å². The number of urea groups is 1. The Hall–Kier alpha value is -1.34. The number of nitrogens with zero attached hydrogens (tertiary/aromatic N) is 3. The van der Waals surface area contributed by atoms with E-state index in [1.54, 1.807) is 0 Å². The Morgan fingerprint density at radius 1 is 1.18 bits per heavy atom. The zero-order chi connectivity index (χ0) is 12.4. The number of hydrazine groups is 1. The van der Waals surface area contributed by atoms with Crippen LogP contribution in [-0.4, -0.2) is 78.2 Å². The number of aliphatic carboxylic acids is 1. The fourth-order valence-electron chi connectivity index (χ4n) is 1.92. The first-order chi connectivity index (χ1) is 8.06. The maximum absolute atomic E-state index is 11.7. The molecule has 2 heterocycles. The highest BCUT2D eigenvalue weighted by atomic mass is 16.4. The van der Waals surface area contributed by atoms with E-state index in [2.05, 4.69) is 10.3 Å². The quantitative estimate of drug-likeness (QED) is 0.641. The molecule has 0 atom stereocenters. The highest BCUT2D eigenvalue weighted by molar-refractivity contribution is 5.79. The second kappa shape index (κ2) is 4.89. The van der Waals surface area contributed by atoms with Gasteiger partial charge in [0.1, 0.15) is 0 Å². The van der Waals surface area contributed by atoms with E-state index in [4.69, 9.17) is 5.11 Å². The van der Waals surface area contributed by atoms with Crippen molar-refractivity contribution >= 4 is 12.0 Å². The van der Waals surface area contributed by atoms with E-state index in [0.29, 0.717) is 13.1 Å². The number of likely N-dealkylation sites (tertiary alicyclic amines) is 1. The van der Waals surface area contributed by atoms with Gasteiger partial charge in [-0.1, -0.05) is 0 Å². The molecule has 2 N–H and O–H groups in total. The van der Waals surface area contributed by atoms with Gasteiger partial charge in [0, 0.05) is 39.3 Å². The molecule has 0 unspecified atom stereocenters. The first-order valence-corrected chi connectivity index (χ1v) is 5.78. The van der Waals surface area contributed by atoms with E-state index >= 15 is 0 Å². The van der Waals surface area contributed by atoms with Gasteiger partial charge in [-0.15, -0.1) is 0 Å². The van der Waals surface area contributed by atoms with Crippen LogP contribution in [0.5, 0.6) is 0 Å². The molecule has 96 valence electrons. The van der Waals surface area contributed by atoms with E-state index in [1.165, 1.54) is 4.90 Å². The van der Waals surface area contributed by atoms with Crippen LogP contribution in [0, 0.1) is 5.92 Å². The number of rotatable bonds is 2. The van der Waals surface area contributed by atoms with Crippen molar-refractivity contribution in [3.63, 3.8) is 0 Å². The first kappa shape index (κ1) is 12.1. The number of carbonyl (C=O) groups is 2. The highest BCUT2D eigenvalue weighted by Gasteiger charge is 2.36. The molecular weight excluding hydrogens is 224 g/mol. The second-order valence-corrected chi connectivity index (χ2v) is 4.65. The normalized spacial score (nSPS) is 23.2. The van der Waals surface area contributed by atoms with Crippen LogP contribution in [0.2, 0.25) is 0 Å². The predicted octanol–water partition coefficient (Wildman–Crippen LogP) is -1.13. The Morgan fingerprint density at radius 3 is 2.29 bits per heavy atom. The molecule has 0 radical (unpaired) electrons. The van der Waals surface area contributed by atoms with E-state index in [9.17, 15) is 9.59 Å². The lowest BCUT2D eigenvalue weighted by Gasteiger charge is -2.39. The molecule has 2 rings (SSSR count). The van der Waals surface area contributed by atoms with Gasteiger partial charge in [0.15, 0.2) is 0 Å². The number of carboxylic acids is 1. The van der Waals surface area contributed by atoms with Gasteiger partial charge in [0.05, 0.1) is 5.92 Å². The molecule has 7 nitrogen and oxygen atoms in total. The Bertz CT molecular complexity index is 309. The molecule has 0 aromatic carbocycles. The zero-order valence-corrected chi connectivity index (χ0v) is 9.93. The lowest BCUT2D eigenvalue weighted by atomic mass is 10.0. The van der Waals surface area contributed by atoms with Gasteiger partial charge in [-0.25, -0.2) is 9.80 Å². The molecule has 2 amide bonds. The third-order valence-corrected chi connectivity index (χ3v) is 3.28. The number of nitrogens with one attached hydrogen (secondary N) is 1. The number of amides is 2. The third kappa shape index (κ3) is 2.86. The molecule has 2 fully saturated rings. The van der Waals surface area contributed by atoms with Crippen molar-refractivity contribution < 1.29 is 14.7 Å². The number of likely N-dealkylation sites (N-methyl/N-ethyl adjacent to an activating group) is 1. The molecular formula is C10H18N4O3. The summed E-state index contributed by atoms with van der Waals surface area (Å²) in [5.74, 6) is -1.22. The number of carbonyl (C=O) groups excluding carboxylic acids is 1. The lowest BCUT2D eigenvalue weighted by molar-refractivity contribution is -0.146. The minimum atomic E-state index is -0.825. The van der Waals surface area contributed by atoms with Crippen molar-refractivity contribution in [1.82, 2.24) is 20.2 Å². The van der Waals surface area contributed by atoms with E-state index in [1.807, 2.05) is 12.1 Å². The molecule has 0 spiro atoms. The molecule has 0 saturated carbocycles. The first-order valence-electron chi connectivity index (χ1n) is 5.78. The van der Waals surface area contributed by atoms with E-state index in [0.717, 1.165) is 26.2 Å². The van der Waals surface area contributed by atoms with Gasteiger partial charge in [-0.05, 0) is 7.05 Å². The monoisotopic (exact) mass is 242 g/mol. The minimum absolute atomic E-state index is 0.188. The zero-order valence-electron chi connectivity index (χ0n) is 9.93. The number of hydrogen-bond donors (Lipinski definition) is 2. The fraction of sp³-hybridized carbons (Fsp3) is 0.800. The Labute approximate surface area is 99.9 Å². The fourth-order valence-corrected chi connectivity index (χ4v) is 1.92. The second-order valence-electron chi connectivity index (χ2n) is 4.65. The predicted molar refractivity (Wildman–Crippen MR) is 60.3 cm³/mol. The molecule has 0 bridgehead atoms. The third-order valence-electron chi connectivity index (χ3n) is 3.28. The minimum Gasteiger partial charge on any atom is -0.481 e. The van der Waals surface area contributed by atoms with Crippen molar-refractivity contribution in [3.05, 3.63) is 0 Å². The summed E-state index contributed by atoms with van der Waals surface area (Å²) >= 11 is 0. The molecule has 17 heavy (non-hydrogen) atoms. The van der Waals surface area contributed by atoms with Crippen molar-refractivity contribution in [3.8, 4) is 0 Å². The summed E-state index contributed by atoms with van der Waals surface area (Å²) < 4.78 is 0. The van der Waals surface area contributed by atoms with Crippen LogP contribution in [0.25, 0.3) is 0 Å². The topological polar surface area (TPSA) is 76.1 Å². The smallest absolute Gasteiger partial charge is 0.331 e.